The molecule has 0 amide bonds. The van der Waals surface area contributed by atoms with Gasteiger partial charge in [0.25, 0.3) is 0 Å². The van der Waals surface area contributed by atoms with Gasteiger partial charge in [-0.3, -0.25) is 4.99 Å². The highest BCUT2D eigenvalue weighted by Crippen LogP contribution is 2.48. The molecule has 1 aromatic carbocycles. The number of pyridine rings is 1. The first-order chi connectivity index (χ1) is 12.7. The number of nitrogens with one attached hydrogen (secondary N) is 2. The summed E-state index contributed by atoms with van der Waals surface area (Å²) in [5, 5.41) is 6.62. The van der Waals surface area contributed by atoms with Crippen LogP contribution in [0.15, 0.2) is 47.6 Å². The summed E-state index contributed by atoms with van der Waals surface area (Å²) in [5.41, 5.74) is 1.72. The predicted octanol–water partition coefficient (Wildman–Crippen LogP) is 3.63. The van der Waals surface area contributed by atoms with E-state index in [4.69, 9.17) is 4.74 Å². The number of aliphatic imine (C=N–C) groups is 1. The van der Waals surface area contributed by atoms with Crippen LogP contribution in [0.3, 0.4) is 0 Å². The van der Waals surface area contributed by atoms with Gasteiger partial charge < -0.3 is 15.4 Å². The second-order valence-electron chi connectivity index (χ2n) is 6.47. The third kappa shape index (κ3) is 5.54. The Labute approximate surface area is 176 Å². The zero-order chi connectivity index (χ0) is 18.4. The molecule has 0 unspecified atom stereocenters. The van der Waals surface area contributed by atoms with Crippen LogP contribution in [-0.2, 0) is 12.0 Å². The van der Waals surface area contributed by atoms with E-state index in [1.54, 1.807) is 19.3 Å². The van der Waals surface area contributed by atoms with Crippen LogP contribution < -0.4 is 15.4 Å². The van der Waals surface area contributed by atoms with Gasteiger partial charge in [-0.05, 0) is 43.0 Å². The Bertz CT molecular complexity index is 780. The van der Waals surface area contributed by atoms with Gasteiger partial charge in [-0.15, -0.1) is 24.0 Å². The summed E-state index contributed by atoms with van der Waals surface area (Å²) in [7, 11) is 1.73. The quantitative estimate of drug-likeness (QED) is 0.358. The van der Waals surface area contributed by atoms with Gasteiger partial charge >= 0.3 is 0 Å². The number of guanidine groups is 1. The zero-order valence-corrected chi connectivity index (χ0v) is 18.0. The molecule has 146 valence electrons. The van der Waals surface area contributed by atoms with Crippen LogP contribution in [0.1, 0.15) is 30.9 Å². The summed E-state index contributed by atoms with van der Waals surface area (Å²) >= 11 is 0. The van der Waals surface area contributed by atoms with Crippen LogP contribution >= 0.6 is 24.0 Å². The van der Waals surface area contributed by atoms with Crippen LogP contribution in [0.25, 0.3) is 0 Å². The van der Waals surface area contributed by atoms with Gasteiger partial charge in [0.1, 0.15) is 5.82 Å². The van der Waals surface area contributed by atoms with Gasteiger partial charge in [0.2, 0.25) is 5.88 Å². The first kappa shape index (κ1) is 21.4. The fourth-order valence-electron chi connectivity index (χ4n) is 3.03. The van der Waals surface area contributed by atoms with Crippen molar-refractivity contribution in [3.8, 4) is 5.88 Å². The predicted molar refractivity (Wildman–Crippen MR) is 116 cm³/mol. The Morgan fingerprint density at radius 1 is 1.26 bits per heavy atom. The lowest BCUT2D eigenvalue weighted by atomic mass is 9.95. The fourth-order valence-corrected chi connectivity index (χ4v) is 3.03. The van der Waals surface area contributed by atoms with Crippen LogP contribution in [0.4, 0.5) is 4.39 Å². The van der Waals surface area contributed by atoms with E-state index in [-0.39, 0.29) is 35.2 Å². The number of aromatic nitrogens is 1. The molecule has 1 aromatic heterocycles. The summed E-state index contributed by atoms with van der Waals surface area (Å²) in [6.45, 7) is 3.79. The topological polar surface area (TPSA) is 58.5 Å². The van der Waals surface area contributed by atoms with Gasteiger partial charge in [0.05, 0.1) is 6.61 Å². The number of ether oxygens (including phenoxy) is 1. The van der Waals surface area contributed by atoms with Crippen LogP contribution in [0.5, 0.6) is 5.88 Å². The Morgan fingerprint density at radius 2 is 2.04 bits per heavy atom. The van der Waals surface area contributed by atoms with Gasteiger partial charge in [-0.2, -0.15) is 0 Å². The molecule has 1 heterocycles. The van der Waals surface area contributed by atoms with Crippen LogP contribution in [-0.4, -0.2) is 31.1 Å². The van der Waals surface area contributed by atoms with Gasteiger partial charge in [0.15, 0.2) is 5.96 Å². The fraction of sp³-hybridized carbons (Fsp3) is 0.400. The molecule has 2 N–H and O–H groups in total. The highest BCUT2D eigenvalue weighted by atomic mass is 127. The molecular formula is C20H26FIN4O. The molecule has 1 fully saturated rings. The van der Waals surface area contributed by atoms with Crippen LogP contribution in [0, 0.1) is 5.82 Å². The molecule has 0 aliphatic heterocycles. The van der Waals surface area contributed by atoms with Crippen molar-refractivity contribution in [3.05, 3.63) is 59.5 Å². The first-order valence-corrected chi connectivity index (χ1v) is 8.94. The van der Waals surface area contributed by atoms with Crippen molar-refractivity contribution in [1.29, 1.82) is 0 Å². The maximum Gasteiger partial charge on any atom is 0.213 e. The second-order valence-corrected chi connectivity index (χ2v) is 6.47. The lowest BCUT2D eigenvalue weighted by Crippen LogP contribution is -2.41. The molecule has 3 rings (SSSR count). The van der Waals surface area contributed by atoms with Crippen molar-refractivity contribution in [2.24, 2.45) is 4.99 Å². The van der Waals surface area contributed by atoms with E-state index < -0.39 is 0 Å². The summed E-state index contributed by atoms with van der Waals surface area (Å²) in [6.07, 6.45) is 3.70. The normalized spacial score (nSPS) is 14.9. The SMILES string of the molecule is CCOc1cc(CNC(=NC)NCC2(c3ccccc3F)CC2)ccn1.I. The highest BCUT2D eigenvalue weighted by Gasteiger charge is 2.45. The van der Waals surface area contributed by atoms with Crippen molar-refractivity contribution in [2.75, 3.05) is 20.2 Å². The molecule has 0 spiro atoms. The largest absolute Gasteiger partial charge is 0.478 e. The Morgan fingerprint density at radius 3 is 2.70 bits per heavy atom. The van der Waals surface area contributed by atoms with E-state index in [1.807, 2.05) is 31.2 Å². The minimum Gasteiger partial charge on any atom is -0.478 e. The Balaban J connectivity index is 0.00000261. The maximum absolute atomic E-state index is 14.1. The van der Waals surface area contributed by atoms with E-state index in [0.29, 0.717) is 31.5 Å². The molecule has 0 radical (unpaired) electrons. The molecule has 5 nitrogen and oxygen atoms in total. The lowest BCUT2D eigenvalue weighted by molar-refractivity contribution is 0.326. The second kappa shape index (κ2) is 9.87. The smallest absolute Gasteiger partial charge is 0.213 e. The van der Waals surface area contributed by atoms with Gasteiger partial charge in [-0.25, -0.2) is 9.37 Å². The molecule has 1 aliphatic carbocycles. The summed E-state index contributed by atoms with van der Waals surface area (Å²) < 4.78 is 19.5. The molecule has 27 heavy (non-hydrogen) atoms. The average molecular weight is 484 g/mol. The monoisotopic (exact) mass is 484 g/mol. The molecule has 0 atom stereocenters. The van der Waals surface area contributed by atoms with E-state index in [1.165, 1.54) is 6.07 Å². The Hall–Kier alpha value is -1.90. The molecule has 0 bridgehead atoms. The first-order valence-electron chi connectivity index (χ1n) is 8.94. The molecule has 1 aliphatic rings. The number of halogens is 2. The van der Waals surface area contributed by atoms with Crippen molar-refractivity contribution in [2.45, 2.75) is 31.7 Å². The minimum atomic E-state index is -0.130. The third-order valence-corrected chi connectivity index (χ3v) is 4.67. The minimum absolute atomic E-state index is 0. The van der Waals surface area contributed by atoms with Crippen molar-refractivity contribution in [3.63, 3.8) is 0 Å². The zero-order valence-electron chi connectivity index (χ0n) is 15.7. The lowest BCUT2D eigenvalue weighted by Gasteiger charge is -2.19. The number of hydrogen-bond donors (Lipinski definition) is 2. The number of benzene rings is 1. The summed E-state index contributed by atoms with van der Waals surface area (Å²) in [5.74, 6) is 1.18. The standard InChI is InChI=1S/C20H25FN4O.HI/c1-3-26-18-12-15(8-11-23-18)13-24-19(22-2)25-14-20(9-10-20)16-6-4-5-7-17(16)21;/h4-8,11-12H,3,9-10,13-14H2,1-2H3,(H2,22,24,25);1H. The third-order valence-electron chi connectivity index (χ3n) is 4.67. The number of nitrogens with zero attached hydrogens (tertiary/aromatic N) is 2. The maximum atomic E-state index is 14.1. The van der Waals surface area contributed by atoms with E-state index in [2.05, 4.69) is 20.6 Å². The number of hydrogen-bond acceptors (Lipinski definition) is 3. The van der Waals surface area contributed by atoms with Gasteiger partial charge in [-0.1, -0.05) is 18.2 Å². The molecular weight excluding hydrogens is 458 g/mol. The molecule has 0 saturated heterocycles. The molecule has 7 heteroatoms. The average Bonchev–Trinajstić information content (AvgIpc) is 3.44. The Kier molecular flexibility index (Phi) is 7.82. The van der Waals surface area contributed by atoms with Gasteiger partial charge in [0, 0.05) is 37.8 Å². The summed E-state index contributed by atoms with van der Waals surface area (Å²) in [6, 6.07) is 10.9. The highest BCUT2D eigenvalue weighted by molar-refractivity contribution is 14.0. The summed E-state index contributed by atoms with van der Waals surface area (Å²) in [4.78, 5) is 8.43. The van der Waals surface area contributed by atoms with Crippen molar-refractivity contribution in [1.82, 2.24) is 15.6 Å². The molecule has 1 saturated carbocycles. The van der Waals surface area contributed by atoms with Crippen molar-refractivity contribution < 1.29 is 9.13 Å². The van der Waals surface area contributed by atoms with Crippen molar-refractivity contribution >= 4 is 29.9 Å². The van der Waals surface area contributed by atoms with E-state index in [9.17, 15) is 4.39 Å². The van der Waals surface area contributed by atoms with E-state index >= 15 is 0 Å². The number of rotatable bonds is 7. The molecule has 2 aromatic rings. The van der Waals surface area contributed by atoms with Crippen LogP contribution in [0.2, 0.25) is 0 Å². The van der Waals surface area contributed by atoms with E-state index in [0.717, 1.165) is 24.0 Å².